The van der Waals surface area contributed by atoms with Crippen LogP contribution < -0.4 is 0 Å². The predicted octanol–water partition coefficient (Wildman–Crippen LogP) is 2.65. The van der Waals surface area contributed by atoms with Crippen molar-refractivity contribution in [3.8, 4) is 0 Å². The van der Waals surface area contributed by atoms with Crippen molar-refractivity contribution in [2.75, 3.05) is 0 Å². The summed E-state index contributed by atoms with van der Waals surface area (Å²) in [6.45, 7) is 4.53. The summed E-state index contributed by atoms with van der Waals surface area (Å²) < 4.78 is 12.3. The lowest BCUT2D eigenvalue weighted by Gasteiger charge is -2.47. The fourth-order valence-electron chi connectivity index (χ4n) is 11.4. The first-order valence-corrected chi connectivity index (χ1v) is 10.9. The minimum Gasteiger partial charge on any atom is -0.462 e. The Balaban J connectivity index is 1.45. The number of carbonyl (C=O) groups excluding carboxylic acids is 2. The van der Waals surface area contributed by atoms with Gasteiger partial charge < -0.3 is 9.47 Å². The van der Waals surface area contributed by atoms with E-state index >= 15 is 0 Å². The molecule has 2 saturated heterocycles. The molecule has 8 rings (SSSR count). The fraction of sp³-hybridized carbons (Fsp3) is 0.909. The Bertz CT molecular complexity index is 740. The Labute approximate surface area is 153 Å². The van der Waals surface area contributed by atoms with Gasteiger partial charge in [-0.25, -0.2) is 0 Å². The van der Waals surface area contributed by atoms with Gasteiger partial charge in [-0.2, -0.15) is 0 Å². The summed E-state index contributed by atoms with van der Waals surface area (Å²) in [7, 11) is 0. The Morgan fingerprint density at radius 2 is 1.08 bits per heavy atom. The van der Waals surface area contributed by atoms with Gasteiger partial charge in [0.2, 0.25) is 0 Å². The number of hydrogen-bond acceptors (Lipinski definition) is 4. The molecule has 0 radical (unpaired) electrons. The van der Waals surface area contributed by atoms with E-state index in [1.165, 1.54) is 0 Å². The number of hydrogen-bond donors (Lipinski definition) is 0. The van der Waals surface area contributed by atoms with Crippen LogP contribution in [0.4, 0.5) is 0 Å². The van der Waals surface area contributed by atoms with Crippen molar-refractivity contribution in [2.45, 2.75) is 51.7 Å². The second kappa shape index (κ2) is 3.63. The molecule has 6 saturated carbocycles. The quantitative estimate of drug-likeness (QED) is 0.628. The highest BCUT2D eigenvalue weighted by molar-refractivity contribution is 5.83. The van der Waals surface area contributed by atoms with E-state index in [1.807, 2.05) is 0 Å². The average molecular weight is 354 g/mol. The van der Waals surface area contributed by atoms with Crippen LogP contribution in [0.2, 0.25) is 0 Å². The second-order valence-electron chi connectivity index (χ2n) is 11.3. The molecular formula is C22H26O4. The molecule has 0 aromatic heterocycles. The summed E-state index contributed by atoms with van der Waals surface area (Å²) in [4.78, 5) is 26.7. The molecule has 4 nitrogen and oxygen atoms in total. The number of rotatable bonds is 0. The van der Waals surface area contributed by atoms with Crippen molar-refractivity contribution < 1.29 is 19.1 Å². The Morgan fingerprint density at radius 3 is 1.50 bits per heavy atom. The van der Waals surface area contributed by atoms with Gasteiger partial charge in [-0.05, 0) is 86.9 Å². The van der Waals surface area contributed by atoms with Gasteiger partial charge in [-0.15, -0.1) is 0 Å². The van der Waals surface area contributed by atoms with Crippen molar-refractivity contribution in [2.24, 2.45) is 70.0 Å². The van der Waals surface area contributed by atoms with Crippen LogP contribution in [0.25, 0.3) is 0 Å². The van der Waals surface area contributed by atoms with Gasteiger partial charge in [-0.3, -0.25) is 9.59 Å². The Hall–Kier alpha value is -1.06. The first kappa shape index (κ1) is 14.0. The first-order valence-electron chi connectivity index (χ1n) is 10.9. The lowest BCUT2D eigenvalue weighted by atomic mass is 9.61. The average Bonchev–Trinajstić information content (AvgIpc) is 3.34. The van der Waals surface area contributed by atoms with Crippen LogP contribution in [0.1, 0.15) is 39.5 Å². The van der Waals surface area contributed by atoms with E-state index in [1.54, 1.807) is 0 Å². The summed E-state index contributed by atoms with van der Waals surface area (Å²) in [6.07, 6.45) is 4.56. The lowest BCUT2D eigenvalue weighted by molar-refractivity contribution is -0.189. The van der Waals surface area contributed by atoms with Gasteiger partial charge in [-0.1, -0.05) is 0 Å². The van der Waals surface area contributed by atoms with Gasteiger partial charge in [0.15, 0.2) is 0 Å². The standard InChI is InChI=1S/C22H26O4/c1-21-15-7-3-5-10-12(7)18-13(15)14-16(22(18,2)20(24)26-10)8-4-6-9(25-19(21)23)11(8)17(14)21/h7-18H,3-6H2,1-2H3/t7-,8-,9-,10+,11+,12+,13-,14-,15+,16+,17-,18+,21+,22+/m1/s1. The second-order valence-corrected chi connectivity index (χ2v) is 11.3. The topological polar surface area (TPSA) is 52.6 Å². The van der Waals surface area contributed by atoms with E-state index in [0.29, 0.717) is 59.2 Å². The van der Waals surface area contributed by atoms with Crippen molar-refractivity contribution in [1.82, 2.24) is 0 Å². The maximum absolute atomic E-state index is 13.4. The summed E-state index contributed by atoms with van der Waals surface area (Å²) in [5, 5.41) is 0. The summed E-state index contributed by atoms with van der Waals surface area (Å²) in [6, 6.07) is 0. The molecule has 6 aliphatic carbocycles. The normalized spacial score (nSPS) is 72.7. The van der Waals surface area contributed by atoms with Crippen molar-refractivity contribution in [1.29, 1.82) is 0 Å². The summed E-state index contributed by atoms with van der Waals surface area (Å²) in [5.74, 6) is 5.35. The third-order valence-corrected chi connectivity index (χ3v) is 11.4. The van der Waals surface area contributed by atoms with Crippen molar-refractivity contribution in [3.05, 3.63) is 0 Å². The van der Waals surface area contributed by atoms with Crippen molar-refractivity contribution in [3.63, 3.8) is 0 Å². The predicted molar refractivity (Wildman–Crippen MR) is 89.3 cm³/mol. The van der Waals surface area contributed by atoms with E-state index in [-0.39, 0.29) is 35.0 Å². The monoisotopic (exact) mass is 354 g/mol. The highest BCUT2D eigenvalue weighted by Gasteiger charge is 2.88. The zero-order chi connectivity index (χ0) is 17.3. The Kier molecular flexibility index (Phi) is 1.95. The maximum Gasteiger partial charge on any atom is 0.312 e. The van der Waals surface area contributed by atoms with Crippen LogP contribution in [0.15, 0.2) is 0 Å². The fourth-order valence-corrected chi connectivity index (χ4v) is 11.4. The zero-order valence-electron chi connectivity index (χ0n) is 15.4. The molecule has 0 unspecified atom stereocenters. The molecule has 26 heavy (non-hydrogen) atoms. The van der Waals surface area contributed by atoms with E-state index in [9.17, 15) is 9.59 Å². The minimum absolute atomic E-state index is 0.112. The van der Waals surface area contributed by atoms with Crippen LogP contribution in [0.3, 0.4) is 0 Å². The molecule has 8 fully saturated rings. The van der Waals surface area contributed by atoms with Gasteiger partial charge >= 0.3 is 11.9 Å². The van der Waals surface area contributed by atoms with Crippen LogP contribution in [-0.4, -0.2) is 24.1 Å². The van der Waals surface area contributed by atoms with Crippen LogP contribution >= 0.6 is 0 Å². The third-order valence-electron chi connectivity index (χ3n) is 11.4. The highest BCUT2D eigenvalue weighted by Crippen LogP contribution is 2.86. The molecule has 0 N–H and O–H groups in total. The molecule has 0 aromatic carbocycles. The van der Waals surface area contributed by atoms with Crippen LogP contribution in [0, 0.1) is 70.0 Å². The number of carbonyl (C=O) groups is 2. The zero-order valence-corrected chi connectivity index (χ0v) is 15.4. The van der Waals surface area contributed by atoms with Gasteiger partial charge in [0.1, 0.15) is 12.2 Å². The van der Waals surface area contributed by atoms with Crippen molar-refractivity contribution >= 4 is 11.9 Å². The molecule has 0 spiro atoms. The minimum atomic E-state index is -0.297. The molecule has 14 atom stereocenters. The lowest BCUT2D eigenvalue weighted by Crippen LogP contribution is -2.53. The maximum atomic E-state index is 13.4. The highest BCUT2D eigenvalue weighted by atomic mass is 16.6. The molecule has 8 aliphatic rings. The Morgan fingerprint density at radius 1 is 0.654 bits per heavy atom. The van der Waals surface area contributed by atoms with Gasteiger partial charge in [0, 0.05) is 11.8 Å². The van der Waals surface area contributed by atoms with Crippen LogP contribution in [0.5, 0.6) is 0 Å². The molecule has 138 valence electrons. The molecule has 2 aliphatic heterocycles. The molecule has 0 amide bonds. The number of fused-ring (bicyclic) bond motifs is 4. The number of esters is 2. The summed E-state index contributed by atoms with van der Waals surface area (Å²) >= 11 is 0. The van der Waals surface area contributed by atoms with Gasteiger partial charge in [0.05, 0.1) is 10.8 Å². The van der Waals surface area contributed by atoms with E-state index in [4.69, 9.17) is 9.47 Å². The van der Waals surface area contributed by atoms with E-state index in [2.05, 4.69) is 13.8 Å². The van der Waals surface area contributed by atoms with Gasteiger partial charge in [0.25, 0.3) is 0 Å². The first-order chi connectivity index (χ1) is 12.5. The molecular weight excluding hydrogens is 328 g/mol. The third kappa shape index (κ3) is 1.00. The molecule has 0 bridgehead atoms. The van der Waals surface area contributed by atoms with E-state index in [0.717, 1.165) is 25.7 Å². The molecule has 0 aromatic rings. The summed E-state index contributed by atoms with van der Waals surface area (Å²) in [5.41, 5.74) is -0.593. The molecule has 2 heterocycles. The van der Waals surface area contributed by atoms with Crippen LogP contribution in [-0.2, 0) is 19.1 Å². The van der Waals surface area contributed by atoms with E-state index < -0.39 is 0 Å². The largest absolute Gasteiger partial charge is 0.462 e. The SMILES string of the molecule is C[C@@]12C(=O)O[C@@H]3CC[C@@H]4[C@@H]3[C@@H]1[C@@H]1[C@H]3[C@@H]5[C@H]6[C@@H](CC[C@@H]6OC(=O)[C@@]5(C)[C@@H]41)[C@@H]32. The molecule has 4 heteroatoms. The number of ether oxygens (including phenoxy) is 2. The smallest absolute Gasteiger partial charge is 0.312 e.